The molecule has 17 heavy (non-hydrogen) atoms. The minimum atomic E-state index is -0.182. The van der Waals surface area contributed by atoms with Crippen LogP contribution in [0.2, 0.25) is 0 Å². The molecule has 1 aromatic heterocycles. The summed E-state index contributed by atoms with van der Waals surface area (Å²) in [4.78, 5) is 8.33. The number of hydrogen-bond donors (Lipinski definition) is 2. The number of nitrogens with two attached hydrogens (primary N) is 1. The summed E-state index contributed by atoms with van der Waals surface area (Å²) in [6.07, 6.45) is 2.35. The Kier molecular flexibility index (Phi) is 3.35. The van der Waals surface area contributed by atoms with Crippen molar-refractivity contribution in [3.8, 4) is 5.75 Å². The van der Waals surface area contributed by atoms with Gasteiger partial charge >= 0.3 is 0 Å². The molecular weight excluding hydrogens is 214 g/mol. The molecule has 4 nitrogen and oxygen atoms in total. The summed E-state index contributed by atoms with van der Waals surface area (Å²) in [7, 11) is 0. The van der Waals surface area contributed by atoms with Gasteiger partial charge in [-0.3, -0.25) is 0 Å². The van der Waals surface area contributed by atoms with Gasteiger partial charge in [0.15, 0.2) is 0 Å². The van der Waals surface area contributed by atoms with Crippen LogP contribution in [0.5, 0.6) is 5.75 Å². The Labute approximate surface area is 100 Å². The first-order valence-corrected chi connectivity index (χ1v) is 5.48. The Balaban J connectivity index is 2.14. The van der Waals surface area contributed by atoms with Gasteiger partial charge in [0.2, 0.25) is 0 Å². The van der Waals surface area contributed by atoms with Gasteiger partial charge in [-0.1, -0.05) is 12.1 Å². The average molecular weight is 229 g/mol. The maximum Gasteiger partial charge on any atom is 0.125 e. The highest BCUT2D eigenvalue weighted by Gasteiger charge is 2.09. The van der Waals surface area contributed by atoms with Crippen molar-refractivity contribution < 1.29 is 5.11 Å². The predicted octanol–water partition coefficient (Wildman–Crippen LogP) is 1.73. The van der Waals surface area contributed by atoms with E-state index in [0.717, 1.165) is 11.3 Å². The molecule has 88 valence electrons. The zero-order valence-electron chi connectivity index (χ0n) is 9.67. The van der Waals surface area contributed by atoms with E-state index >= 15 is 0 Å². The second-order valence-electron chi connectivity index (χ2n) is 4.01. The van der Waals surface area contributed by atoms with Crippen molar-refractivity contribution >= 4 is 0 Å². The molecule has 0 amide bonds. The molecule has 0 aliphatic heterocycles. The maximum absolute atomic E-state index is 9.37. The third-order valence-electron chi connectivity index (χ3n) is 2.54. The Morgan fingerprint density at radius 1 is 1.35 bits per heavy atom. The minimum absolute atomic E-state index is 0.182. The Morgan fingerprint density at radius 3 is 2.88 bits per heavy atom. The fourth-order valence-corrected chi connectivity index (χ4v) is 1.72. The lowest BCUT2D eigenvalue weighted by Gasteiger charge is -2.11. The van der Waals surface area contributed by atoms with Crippen LogP contribution in [0.25, 0.3) is 0 Å². The molecule has 4 heteroatoms. The molecule has 0 aliphatic rings. The van der Waals surface area contributed by atoms with Crippen molar-refractivity contribution in [2.45, 2.75) is 19.4 Å². The van der Waals surface area contributed by atoms with Crippen molar-refractivity contribution in [2.75, 3.05) is 0 Å². The molecule has 0 fully saturated rings. The van der Waals surface area contributed by atoms with E-state index in [9.17, 15) is 5.11 Å². The molecule has 0 saturated carbocycles. The number of phenolic OH excluding ortho intramolecular Hbond substituents is 1. The summed E-state index contributed by atoms with van der Waals surface area (Å²) in [5, 5.41) is 9.37. The lowest BCUT2D eigenvalue weighted by atomic mass is 10.0. The lowest BCUT2D eigenvalue weighted by molar-refractivity contribution is 0.474. The van der Waals surface area contributed by atoms with Crippen LogP contribution in [0.1, 0.15) is 23.1 Å². The van der Waals surface area contributed by atoms with Crippen LogP contribution in [0.15, 0.2) is 36.5 Å². The highest BCUT2D eigenvalue weighted by Crippen LogP contribution is 2.17. The van der Waals surface area contributed by atoms with Gasteiger partial charge in [-0.25, -0.2) is 9.97 Å². The number of benzene rings is 1. The topological polar surface area (TPSA) is 72.0 Å². The predicted molar refractivity (Wildman–Crippen MR) is 65.5 cm³/mol. The smallest absolute Gasteiger partial charge is 0.125 e. The van der Waals surface area contributed by atoms with E-state index in [0.29, 0.717) is 12.2 Å². The van der Waals surface area contributed by atoms with E-state index in [1.54, 1.807) is 18.3 Å². The monoisotopic (exact) mass is 229 g/mol. The van der Waals surface area contributed by atoms with Crippen molar-refractivity contribution in [1.29, 1.82) is 0 Å². The van der Waals surface area contributed by atoms with Crippen molar-refractivity contribution in [1.82, 2.24) is 9.97 Å². The number of hydrogen-bond acceptors (Lipinski definition) is 4. The normalized spacial score (nSPS) is 12.4. The summed E-state index contributed by atoms with van der Waals surface area (Å²) < 4.78 is 0. The van der Waals surface area contributed by atoms with Crippen LogP contribution in [0, 0.1) is 6.92 Å². The van der Waals surface area contributed by atoms with Crippen molar-refractivity contribution in [2.24, 2.45) is 5.73 Å². The van der Waals surface area contributed by atoms with E-state index < -0.39 is 0 Å². The van der Waals surface area contributed by atoms with Gasteiger partial charge in [-0.15, -0.1) is 0 Å². The first-order valence-electron chi connectivity index (χ1n) is 5.48. The van der Waals surface area contributed by atoms with E-state index in [2.05, 4.69) is 9.97 Å². The molecule has 1 atom stereocenters. The standard InChI is InChI=1S/C13H15N3O/c1-9-15-6-5-13(16-9)12(14)8-10-3-2-4-11(17)7-10/h2-7,12,17H,8,14H2,1H3. The molecule has 0 saturated heterocycles. The van der Waals surface area contributed by atoms with Crippen LogP contribution < -0.4 is 5.73 Å². The summed E-state index contributed by atoms with van der Waals surface area (Å²) >= 11 is 0. The van der Waals surface area contributed by atoms with Crippen molar-refractivity contribution in [3.05, 3.63) is 53.6 Å². The van der Waals surface area contributed by atoms with Gasteiger partial charge in [0, 0.05) is 6.20 Å². The average Bonchev–Trinajstić information content (AvgIpc) is 2.29. The Hall–Kier alpha value is -1.94. The first kappa shape index (κ1) is 11.5. The molecule has 2 rings (SSSR count). The minimum Gasteiger partial charge on any atom is -0.508 e. The van der Waals surface area contributed by atoms with Gasteiger partial charge in [0.1, 0.15) is 11.6 Å². The Morgan fingerprint density at radius 2 is 2.18 bits per heavy atom. The number of rotatable bonds is 3. The number of aryl methyl sites for hydroxylation is 1. The second kappa shape index (κ2) is 4.93. The van der Waals surface area contributed by atoms with Gasteiger partial charge in [0.25, 0.3) is 0 Å². The zero-order valence-corrected chi connectivity index (χ0v) is 9.67. The maximum atomic E-state index is 9.37. The highest BCUT2D eigenvalue weighted by atomic mass is 16.3. The van der Waals surface area contributed by atoms with Crippen molar-refractivity contribution in [3.63, 3.8) is 0 Å². The summed E-state index contributed by atoms with van der Waals surface area (Å²) in [6, 6.07) is 8.74. The largest absolute Gasteiger partial charge is 0.508 e. The molecule has 1 heterocycles. The molecule has 2 aromatic rings. The van der Waals surface area contributed by atoms with Crippen LogP contribution >= 0.6 is 0 Å². The number of nitrogens with zero attached hydrogens (tertiary/aromatic N) is 2. The zero-order chi connectivity index (χ0) is 12.3. The van der Waals surface area contributed by atoms with Gasteiger partial charge < -0.3 is 10.8 Å². The molecule has 1 unspecified atom stereocenters. The van der Waals surface area contributed by atoms with Crippen LogP contribution in [-0.4, -0.2) is 15.1 Å². The summed E-state index contributed by atoms with van der Waals surface area (Å²) in [6.45, 7) is 1.84. The molecule has 1 aromatic carbocycles. The summed E-state index contributed by atoms with van der Waals surface area (Å²) in [5.41, 5.74) is 7.89. The lowest BCUT2D eigenvalue weighted by Crippen LogP contribution is -2.15. The van der Waals surface area contributed by atoms with Crippen LogP contribution in [-0.2, 0) is 6.42 Å². The second-order valence-corrected chi connectivity index (χ2v) is 4.01. The molecular formula is C13H15N3O. The number of aromatic hydroxyl groups is 1. The number of phenols is 1. The molecule has 0 bridgehead atoms. The van der Waals surface area contributed by atoms with Crippen LogP contribution in [0.3, 0.4) is 0 Å². The van der Waals surface area contributed by atoms with E-state index in [1.165, 1.54) is 0 Å². The molecule has 3 N–H and O–H groups in total. The SMILES string of the molecule is Cc1nccc(C(N)Cc2cccc(O)c2)n1. The molecule has 0 radical (unpaired) electrons. The van der Waals surface area contributed by atoms with Gasteiger partial charge in [0.05, 0.1) is 11.7 Å². The van der Waals surface area contributed by atoms with Gasteiger partial charge in [-0.2, -0.15) is 0 Å². The quantitative estimate of drug-likeness (QED) is 0.840. The fourth-order valence-electron chi connectivity index (χ4n) is 1.72. The van der Waals surface area contributed by atoms with Crippen LogP contribution in [0.4, 0.5) is 0 Å². The number of aromatic nitrogens is 2. The van der Waals surface area contributed by atoms with Gasteiger partial charge in [-0.05, 0) is 37.1 Å². The third-order valence-corrected chi connectivity index (χ3v) is 2.54. The summed E-state index contributed by atoms with van der Waals surface area (Å²) in [5.74, 6) is 0.974. The Bertz CT molecular complexity index is 514. The third kappa shape index (κ3) is 3.01. The molecule has 0 aliphatic carbocycles. The van der Waals surface area contributed by atoms with E-state index in [1.807, 2.05) is 25.1 Å². The van der Waals surface area contributed by atoms with E-state index in [4.69, 9.17) is 5.73 Å². The first-order chi connectivity index (χ1) is 8.15. The fraction of sp³-hybridized carbons (Fsp3) is 0.231. The highest BCUT2D eigenvalue weighted by molar-refractivity contribution is 5.28. The molecule has 0 spiro atoms. The van der Waals surface area contributed by atoms with E-state index in [-0.39, 0.29) is 11.8 Å².